The number of ketones is 1. The fraction of sp³-hybridized carbons (Fsp3) is 0.500. The van der Waals surface area contributed by atoms with E-state index in [-0.39, 0.29) is 24.2 Å². The summed E-state index contributed by atoms with van der Waals surface area (Å²) in [7, 11) is 0. The van der Waals surface area contributed by atoms with Crippen LogP contribution in [0.3, 0.4) is 0 Å². The molecule has 0 unspecified atom stereocenters. The van der Waals surface area contributed by atoms with Gasteiger partial charge in [0.15, 0.2) is 0 Å². The number of piperidine rings is 3. The van der Waals surface area contributed by atoms with Crippen molar-refractivity contribution in [3.63, 3.8) is 0 Å². The quantitative estimate of drug-likeness (QED) is 0.377. The number of fused-ring (bicyclic) bond motifs is 3. The SMILES string of the molecule is O=C(C[C@H]1C[N+]2(CC(=O)c3cccs3)CCC1CC2)OCc1cccs1.[Cl-]. The molecule has 0 saturated carbocycles. The number of halogens is 1. The van der Waals surface area contributed by atoms with Gasteiger partial charge in [0.1, 0.15) is 13.2 Å². The van der Waals surface area contributed by atoms with E-state index in [2.05, 4.69) is 0 Å². The number of hydrogen-bond donors (Lipinski definition) is 0. The van der Waals surface area contributed by atoms with E-state index >= 15 is 0 Å². The maximum atomic E-state index is 12.6. The zero-order chi connectivity index (χ0) is 18.0. The lowest BCUT2D eigenvalue weighted by molar-refractivity contribution is -0.939. The molecule has 3 aliphatic heterocycles. The average molecular weight is 426 g/mol. The summed E-state index contributed by atoms with van der Waals surface area (Å²) in [6.45, 7) is 4.04. The number of carbonyl (C=O) groups excluding carboxylic acids is 2. The molecule has 2 aromatic rings. The molecule has 5 heterocycles. The van der Waals surface area contributed by atoms with Gasteiger partial charge in [-0.15, -0.1) is 22.7 Å². The molecule has 146 valence electrons. The first kappa shape index (κ1) is 20.5. The molecular formula is C20H24ClNO3S2. The highest BCUT2D eigenvalue weighted by Crippen LogP contribution is 2.39. The maximum absolute atomic E-state index is 12.6. The van der Waals surface area contributed by atoms with Crippen molar-refractivity contribution in [2.45, 2.75) is 25.9 Å². The van der Waals surface area contributed by atoms with Gasteiger partial charge in [0.05, 0.1) is 30.9 Å². The monoisotopic (exact) mass is 425 g/mol. The van der Waals surface area contributed by atoms with Crippen LogP contribution in [0.2, 0.25) is 0 Å². The lowest BCUT2D eigenvalue weighted by Gasteiger charge is -2.52. The molecule has 4 nitrogen and oxygen atoms in total. The Morgan fingerprint density at radius 1 is 1.11 bits per heavy atom. The van der Waals surface area contributed by atoms with E-state index < -0.39 is 0 Å². The van der Waals surface area contributed by atoms with Crippen LogP contribution in [-0.4, -0.2) is 42.4 Å². The van der Waals surface area contributed by atoms with Crippen molar-refractivity contribution in [1.82, 2.24) is 0 Å². The number of rotatable bonds is 7. The Kier molecular flexibility index (Phi) is 6.74. The van der Waals surface area contributed by atoms with Crippen LogP contribution in [0.4, 0.5) is 0 Å². The van der Waals surface area contributed by atoms with E-state index in [1.165, 1.54) is 11.3 Å². The maximum Gasteiger partial charge on any atom is 0.306 e. The van der Waals surface area contributed by atoms with Gasteiger partial charge >= 0.3 is 5.97 Å². The van der Waals surface area contributed by atoms with Gasteiger partial charge in [0.25, 0.3) is 0 Å². The number of Topliss-reactive ketones (excluding diaryl/α,β-unsaturated/α-hetero) is 1. The van der Waals surface area contributed by atoms with Gasteiger partial charge in [-0.2, -0.15) is 0 Å². The highest BCUT2D eigenvalue weighted by Gasteiger charge is 2.47. The molecule has 2 aromatic heterocycles. The third-order valence-corrected chi connectivity index (χ3v) is 7.66. The Bertz CT molecular complexity index is 752. The standard InChI is InChI=1S/C20H24NO3S2.ClH/c22-18(19-4-2-10-26-19)13-21-7-5-15(6-8-21)16(12-21)11-20(23)24-14-17-3-1-9-25-17;/h1-4,9-10,15-16H,5-8,11-14H2;1H/q+1;/p-1/t15?,16-,21?;/m0./s1. The van der Waals surface area contributed by atoms with Crippen molar-refractivity contribution < 1.29 is 31.2 Å². The van der Waals surface area contributed by atoms with E-state index in [1.54, 1.807) is 11.3 Å². The topological polar surface area (TPSA) is 43.4 Å². The summed E-state index contributed by atoms with van der Waals surface area (Å²) >= 11 is 3.14. The first-order valence-corrected chi connectivity index (χ1v) is 11.0. The van der Waals surface area contributed by atoms with Crippen LogP contribution < -0.4 is 12.4 Å². The molecule has 0 aromatic carbocycles. The van der Waals surface area contributed by atoms with Crippen LogP contribution in [0.15, 0.2) is 35.0 Å². The van der Waals surface area contributed by atoms with Crippen LogP contribution in [0.1, 0.15) is 33.8 Å². The molecule has 0 aliphatic carbocycles. The third kappa shape index (κ3) is 4.80. The Labute approximate surface area is 174 Å². The normalized spacial score (nSPS) is 26.4. The van der Waals surface area contributed by atoms with Crippen LogP contribution >= 0.6 is 22.7 Å². The summed E-state index contributed by atoms with van der Waals surface area (Å²) in [5.41, 5.74) is 0. The fourth-order valence-corrected chi connectivity index (χ4v) is 5.80. The second kappa shape index (κ2) is 8.86. The number of thiophene rings is 2. The summed E-state index contributed by atoms with van der Waals surface area (Å²) < 4.78 is 6.33. The molecule has 3 fully saturated rings. The fourth-order valence-electron chi connectivity index (χ4n) is 4.53. The molecule has 0 N–H and O–H groups in total. The molecule has 7 heteroatoms. The van der Waals surface area contributed by atoms with E-state index in [9.17, 15) is 9.59 Å². The second-order valence-corrected chi connectivity index (χ2v) is 9.55. The molecular weight excluding hydrogens is 402 g/mol. The largest absolute Gasteiger partial charge is 1.00 e. The van der Waals surface area contributed by atoms with Gasteiger partial charge in [-0.3, -0.25) is 9.59 Å². The minimum atomic E-state index is -0.0973. The van der Waals surface area contributed by atoms with Crippen molar-refractivity contribution in [3.05, 3.63) is 44.8 Å². The van der Waals surface area contributed by atoms with Crippen LogP contribution in [0.25, 0.3) is 0 Å². The number of quaternary nitrogens is 1. The van der Waals surface area contributed by atoms with Crippen molar-refractivity contribution >= 4 is 34.4 Å². The minimum Gasteiger partial charge on any atom is -1.00 e. The summed E-state index contributed by atoms with van der Waals surface area (Å²) in [6.07, 6.45) is 2.74. The van der Waals surface area contributed by atoms with Gasteiger partial charge in [-0.05, 0) is 28.8 Å². The summed E-state index contributed by atoms with van der Waals surface area (Å²) in [5.74, 6) is 1.12. The lowest BCUT2D eigenvalue weighted by atomic mass is 9.75. The number of hydrogen-bond acceptors (Lipinski definition) is 5. The van der Waals surface area contributed by atoms with E-state index in [4.69, 9.17) is 4.74 Å². The Balaban J connectivity index is 0.00000210. The number of nitrogens with zero attached hydrogens (tertiary/aromatic N) is 1. The van der Waals surface area contributed by atoms with Crippen molar-refractivity contribution in [2.24, 2.45) is 11.8 Å². The van der Waals surface area contributed by atoms with Gasteiger partial charge in [0, 0.05) is 23.6 Å². The first-order valence-electron chi connectivity index (χ1n) is 9.23. The highest BCUT2D eigenvalue weighted by atomic mass is 35.5. The lowest BCUT2D eigenvalue weighted by Crippen LogP contribution is -3.00. The molecule has 5 rings (SSSR count). The third-order valence-electron chi connectivity index (χ3n) is 5.90. The first-order chi connectivity index (χ1) is 12.6. The smallest absolute Gasteiger partial charge is 0.306 e. The summed E-state index contributed by atoms with van der Waals surface area (Å²) in [4.78, 5) is 26.9. The average Bonchev–Trinajstić information content (AvgIpc) is 3.34. The minimum absolute atomic E-state index is 0. The van der Waals surface area contributed by atoms with Crippen molar-refractivity contribution in [3.8, 4) is 0 Å². The highest BCUT2D eigenvalue weighted by molar-refractivity contribution is 7.12. The molecule has 0 spiro atoms. The van der Waals surface area contributed by atoms with Crippen molar-refractivity contribution in [2.75, 3.05) is 26.2 Å². The predicted octanol–water partition coefficient (Wildman–Crippen LogP) is 0.986. The van der Waals surface area contributed by atoms with Crippen LogP contribution in [0.5, 0.6) is 0 Å². The van der Waals surface area contributed by atoms with E-state index in [0.29, 0.717) is 31.4 Å². The van der Waals surface area contributed by atoms with Crippen LogP contribution in [0, 0.1) is 11.8 Å². The van der Waals surface area contributed by atoms with E-state index in [1.807, 2.05) is 35.0 Å². The van der Waals surface area contributed by atoms with Crippen molar-refractivity contribution in [1.29, 1.82) is 0 Å². The number of carbonyl (C=O) groups is 2. The van der Waals surface area contributed by atoms with Gasteiger partial charge < -0.3 is 21.6 Å². The number of esters is 1. The van der Waals surface area contributed by atoms with Gasteiger partial charge in [-0.25, -0.2) is 0 Å². The Morgan fingerprint density at radius 3 is 2.52 bits per heavy atom. The molecule has 3 saturated heterocycles. The molecule has 27 heavy (non-hydrogen) atoms. The Hall–Kier alpha value is -1.21. The number of ether oxygens (including phenoxy) is 1. The zero-order valence-corrected chi connectivity index (χ0v) is 17.5. The zero-order valence-electron chi connectivity index (χ0n) is 15.1. The van der Waals surface area contributed by atoms with Crippen LogP contribution in [-0.2, 0) is 16.1 Å². The second-order valence-electron chi connectivity index (χ2n) is 7.57. The Morgan fingerprint density at radius 2 is 1.85 bits per heavy atom. The van der Waals surface area contributed by atoms with E-state index in [0.717, 1.165) is 46.7 Å². The molecule has 0 radical (unpaired) electrons. The molecule has 1 atom stereocenters. The van der Waals surface area contributed by atoms with Gasteiger partial charge in [-0.1, -0.05) is 12.1 Å². The molecule has 3 aliphatic rings. The predicted molar refractivity (Wildman–Crippen MR) is 103 cm³/mol. The molecule has 2 bridgehead atoms. The molecule has 0 amide bonds. The van der Waals surface area contributed by atoms with Gasteiger partial charge in [0.2, 0.25) is 5.78 Å². The summed E-state index contributed by atoms with van der Waals surface area (Å²) in [6, 6.07) is 7.82. The summed E-state index contributed by atoms with van der Waals surface area (Å²) in [5, 5.41) is 3.96.